The highest BCUT2D eigenvalue weighted by molar-refractivity contribution is 5.71. The van der Waals surface area contributed by atoms with E-state index in [0.29, 0.717) is 19.3 Å². The summed E-state index contributed by atoms with van der Waals surface area (Å²) in [7, 11) is 0. The van der Waals surface area contributed by atoms with Crippen molar-refractivity contribution in [3.63, 3.8) is 0 Å². The fraction of sp³-hybridized carbons (Fsp3) is 0.755. The summed E-state index contributed by atoms with van der Waals surface area (Å²) in [6, 6.07) is 0. The van der Waals surface area contributed by atoms with Crippen molar-refractivity contribution in [2.75, 3.05) is 13.2 Å². The molecule has 0 aromatic heterocycles. The monoisotopic (exact) mass is 825 g/mol. The molecule has 1 atom stereocenters. The van der Waals surface area contributed by atoms with Crippen LogP contribution in [0.5, 0.6) is 0 Å². The first-order valence-electron chi connectivity index (χ1n) is 24.8. The molecule has 6 nitrogen and oxygen atoms in total. The molecule has 0 N–H and O–H groups in total. The number of allylic oxidation sites excluding steroid dienone is 10. The van der Waals surface area contributed by atoms with Gasteiger partial charge in [0.25, 0.3) is 0 Å². The first-order valence-corrected chi connectivity index (χ1v) is 24.8. The van der Waals surface area contributed by atoms with Crippen molar-refractivity contribution in [2.24, 2.45) is 0 Å². The van der Waals surface area contributed by atoms with Gasteiger partial charge in [0.2, 0.25) is 0 Å². The number of carbonyl (C=O) groups is 3. The van der Waals surface area contributed by atoms with E-state index in [1.165, 1.54) is 96.3 Å². The highest BCUT2D eigenvalue weighted by atomic mass is 16.6. The molecular formula is C53H92O6. The number of ether oxygens (including phenoxy) is 3. The first-order chi connectivity index (χ1) is 29.0. The van der Waals surface area contributed by atoms with Gasteiger partial charge >= 0.3 is 17.9 Å². The zero-order valence-electron chi connectivity index (χ0n) is 38.8. The van der Waals surface area contributed by atoms with Gasteiger partial charge in [0.15, 0.2) is 6.10 Å². The van der Waals surface area contributed by atoms with Crippen molar-refractivity contribution < 1.29 is 28.6 Å². The summed E-state index contributed by atoms with van der Waals surface area (Å²) in [4.78, 5) is 37.8. The minimum Gasteiger partial charge on any atom is -0.462 e. The highest BCUT2D eigenvalue weighted by Crippen LogP contribution is 2.14. The Morgan fingerprint density at radius 3 is 1.07 bits per heavy atom. The SMILES string of the molecule is CC/C=C\C/C=C\C/C=C\C/C=C\CCCCCCCCC(=O)OCC(COC(=O)CCCCCCCCCCC)OC(=O)CCCCC/C=C\CCCCCCCC. The van der Waals surface area contributed by atoms with Crippen LogP contribution in [-0.4, -0.2) is 37.2 Å². The van der Waals surface area contributed by atoms with Crippen LogP contribution >= 0.6 is 0 Å². The van der Waals surface area contributed by atoms with Gasteiger partial charge in [0.1, 0.15) is 13.2 Å². The molecule has 0 aliphatic rings. The van der Waals surface area contributed by atoms with Gasteiger partial charge in [-0.3, -0.25) is 14.4 Å². The largest absolute Gasteiger partial charge is 0.462 e. The topological polar surface area (TPSA) is 78.9 Å². The summed E-state index contributed by atoms with van der Waals surface area (Å²) in [6.07, 6.45) is 57.8. The van der Waals surface area contributed by atoms with Crippen molar-refractivity contribution in [1.82, 2.24) is 0 Å². The van der Waals surface area contributed by atoms with Crippen LogP contribution < -0.4 is 0 Å². The van der Waals surface area contributed by atoms with Crippen LogP contribution in [0.2, 0.25) is 0 Å². The van der Waals surface area contributed by atoms with Crippen molar-refractivity contribution in [2.45, 2.75) is 245 Å². The Hall–Kier alpha value is -2.89. The van der Waals surface area contributed by atoms with Gasteiger partial charge in [-0.25, -0.2) is 0 Å². The predicted octanol–water partition coefficient (Wildman–Crippen LogP) is 16.1. The molecule has 0 amide bonds. The standard InChI is InChI=1S/C53H92O6/c1-4-7-10-13-16-19-21-23-24-25-26-27-28-30-31-34-37-40-43-46-52(55)58-49-50(48-57-51(54)45-42-39-36-33-18-15-12-9-6-3)59-53(56)47-44-41-38-35-32-29-22-20-17-14-11-8-5-2/h7,10,16,19,23-24,26-27,29,32,50H,4-6,8-9,11-15,17-18,20-22,25,28,30-31,33-49H2,1-3H3/b10-7-,19-16-,24-23-,27-26-,32-29-. The van der Waals surface area contributed by atoms with Gasteiger partial charge in [-0.05, 0) is 83.5 Å². The molecular weight excluding hydrogens is 733 g/mol. The van der Waals surface area contributed by atoms with E-state index in [9.17, 15) is 14.4 Å². The molecule has 0 bridgehead atoms. The molecule has 340 valence electrons. The normalized spacial score (nSPS) is 12.5. The predicted molar refractivity (Wildman–Crippen MR) is 251 cm³/mol. The summed E-state index contributed by atoms with van der Waals surface area (Å²) in [5.74, 6) is -0.916. The maximum absolute atomic E-state index is 12.7. The lowest BCUT2D eigenvalue weighted by Crippen LogP contribution is -2.30. The molecule has 0 fully saturated rings. The number of esters is 3. The average Bonchev–Trinajstić information content (AvgIpc) is 3.23. The summed E-state index contributed by atoms with van der Waals surface area (Å²) < 4.78 is 16.7. The highest BCUT2D eigenvalue weighted by Gasteiger charge is 2.19. The fourth-order valence-electron chi connectivity index (χ4n) is 6.78. The first kappa shape index (κ1) is 56.1. The molecule has 0 saturated carbocycles. The quantitative estimate of drug-likeness (QED) is 0.0263. The Morgan fingerprint density at radius 1 is 0.356 bits per heavy atom. The molecule has 0 aromatic carbocycles. The molecule has 6 heteroatoms. The molecule has 0 saturated heterocycles. The smallest absolute Gasteiger partial charge is 0.306 e. The molecule has 0 rings (SSSR count). The van der Waals surface area contributed by atoms with E-state index in [2.05, 4.69) is 81.5 Å². The lowest BCUT2D eigenvalue weighted by atomic mass is 10.1. The van der Waals surface area contributed by atoms with Crippen LogP contribution in [0.1, 0.15) is 239 Å². The van der Waals surface area contributed by atoms with E-state index in [1.54, 1.807) is 0 Å². The second-order valence-electron chi connectivity index (χ2n) is 16.3. The number of rotatable bonds is 44. The van der Waals surface area contributed by atoms with Crippen LogP contribution in [-0.2, 0) is 28.6 Å². The van der Waals surface area contributed by atoms with Gasteiger partial charge < -0.3 is 14.2 Å². The van der Waals surface area contributed by atoms with E-state index in [0.717, 1.165) is 103 Å². The molecule has 1 unspecified atom stereocenters. The second kappa shape index (κ2) is 47.8. The van der Waals surface area contributed by atoms with Crippen LogP contribution in [0.4, 0.5) is 0 Å². The van der Waals surface area contributed by atoms with Crippen molar-refractivity contribution in [1.29, 1.82) is 0 Å². The lowest BCUT2D eigenvalue weighted by molar-refractivity contribution is -0.167. The third-order valence-electron chi connectivity index (χ3n) is 10.5. The molecule has 0 spiro atoms. The maximum atomic E-state index is 12.7. The molecule has 0 aliphatic carbocycles. The average molecular weight is 825 g/mol. The second-order valence-corrected chi connectivity index (χ2v) is 16.3. The van der Waals surface area contributed by atoms with Gasteiger partial charge in [0.05, 0.1) is 0 Å². The zero-order chi connectivity index (χ0) is 43.0. The third kappa shape index (κ3) is 46.0. The van der Waals surface area contributed by atoms with E-state index >= 15 is 0 Å². The Bertz CT molecular complexity index is 1090. The van der Waals surface area contributed by atoms with Crippen molar-refractivity contribution >= 4 is 17.9 Å². The fourth-order valence-corrected chi connectivity index (χ4v) is 6.78. The summed E-state index contributed by atoms with van der Waals surface area (Å²) >= 11 is 0. The minimum absolute atomic E-state index is 0.0837. The molecule has 0 heterocycles. The Kier molecular flexibility index (Phi) is 45.4. The third-order valence-corrected chi connectivity index (χ3v) is 10.5. The lowest BCUT2D eigenvalue weighted by Gasteiger charge is -2.18. The number of carbonyl (C=O) groups excluding carboxylic acids is 3. The van der Waals surface area contributed by atoms with E-state index in [-0.39, 0.29) is 31.1 Å². The van der Waals surface area contributed by atoms with Crippen molar-refractivity contribution in [3.8, 4) is 0 Å². The maximum Gasteiger partial charge on any atom is 0.306 e. The van der Waals surface area contributed by atoms with E-state index in [1.807, 2.05) is 0 Å². The van der Waals surface area contributed by atoms with Gasteiger partial charge in [-0.2, -0.15) is 0 Å². The van der Waals surface area contributed by atoms with Crippen LogP contribution in [0.15, 0.2) is 60.8 Å². The molecule has 0 radical (unpaired) electrons. The van der Waals surface area contributed by atoms with Gasteiger partial charge in [0, 0.05) is 19.3 Å². The molecule has 59 heavy (non-hydrogen) atoms. The molecule has 0 aliphatic heterocycles. The Balaban J connectivity index is 4.35. The van der Waals surface area contributed by atoms with Crippen LogP contribution in [0, 0.1) is 0 Å². The number of unbranched alkanes of at least 4 members (excludes halogenated alkanes) is 23. The molecule has 0 aromatic rings. The van der Waals surface area contributed by atoms with E-state index < -0.39 is 6.10 Å². The zero-order valence-corrected chi connectivity index (χ0v) is 38.8. The Morgan fingerprint density at radius 2 is 0.661 bits per heavy atom. The van der Waals surface area contributed by atoms with Gasteiger partial charge in [-0.1, -0.05) is 197 Å². The summed E-state index contributed by atoms with van der Waals surface area (Å²) in [5, 5.41) is 0. The summed E-state index contributed by atoms with van der Waals surface area (Å²) in [6.45, 7) is 6.47. The van der Waals surface area contributed by atoms with Crippen LogP contribution in [0.25, 0.3) is 0 Å². The van der Waals surface area contributed by atoms with Crippen LogP contribution in [0.3, 0.4) is 0 Å². The van der Waals surface area contributed by atoms with Crippen molar-refractivity contribution in [3.05, 3.63) is 60.8 Å². The number of hydrogen-bond donors (Lipinski definition) is 0. The Labute approximate surface area is 364 Å². The van der Waals surface area contributed by atoms with E-state index in [4.69, 9.17) is 14.2 Å². The number of hydrogen-bond acceptors (Lipinski definition) is 6. The summed E-state index contributed by atoms with van der Waals surface area (Å²) in [5.41, 5.74) is 0. The minimum atomic E-state index is -0.784. The van der Waals surface area contributed by atoms with Gasteiger partial charge in [-0.15, -0.1) is 0 Å².